The molecule has 0 spiro atoms. The molecular weight excluding hydrogens is 372 g/mol. The average Bonchev–Trinajstić information content (AvgIpc) is 2.79. The maximum absolute atomic E-state index is 12.4. The van der Waals surface area contributed by atoms with Gasteiger partial charge in [-0.2, -0.15) is 0 Å². The van der Waals surface area contributed by atoms with Crippen molar-refractivity contribution in [1.82, 2.24) is 9.62 Å². The van der Waals surface area contributed by atoms with E-state index in [2.05, 4.69) is 19.2 Å². The quantitative estimate of drug-likeness (QED) is 0.664. The Morgan fingerprint density at radius 3 is 2.44 bits per heavy atom. The summed E-state index contributed by atoms with van der Waals surface area (Å²) in [6.45, 7) is 4.73. The van der Waals surface area contributed by atoms with Gasteiger partial charge < -0.3 is 10.1 Å². The van der Waals surface area contributed by atoms with Crippen molar-refractivity contribution >= 4 is 27.8 Å². The number of hydrogen-bond donors (Lipinski definition) is 1. The summed E-state index contributed by atoms with van der Waals surface area (Å²) in [6.07, 6.45) is 1.76. The van der Waals surface area contributed by atoms with Gasteiger partial charge in [0.15, 0.2) is 6.61 Å². The molecular formula is C18H24N2O6S. The number of carbonyl (C=O) groups excluding carboxylic acids is 3. The van der Waals surface area contributed by atoms with Crippen LogP contribution < -0.4 is 5.32 Å². The lowest BCUT2D eigenvalue weighted by atomic mass is 10.0. The van der Waals surface area contributed by atoms with Gasteiger partial charge in [0.25, 0.3) is 21.8 Å². The first kappa shape index (κ1) is 20.9. The molecule has 0 unspecified atom stereocenters. The van der Waals surface area contributed by atoms with Crippen molar-refractivity contribution in [3.05, 3.63) is 29.8 Å². The van der Waals surface area contributed by atoms with E-state index in [1.165, 1.54) is 18.2 Å². The van der Waals surface area contributed by atoms with E-state index in [1.807, 2.05) is 6.92 Å². The van der Waals surface area contributed by atoms with Crippen molar-refractivity contribution in [2.75, 3.05) is 13.2 Å². The third-order valence-electron chi connectivity index (χ3n) is 4.13. The molecule has 1 aromatic rings. The molecule has 1 N–H and O–H groups in total. The highest BCUT2D eigenvalue weighted by Gasteiger charge is 2.42. The highest BCUT2D eigenvalue weighted by Crippen LogP contribution is 2.29. The number of amides is 2. The Bertz CT molecular complexity index is 834. The molecule has 1 aliphatic rings. The molecule has 1 atom stereocenters. The van der Waals surface area contributed by atoms with E-state index >= 15 is 0 Å². The van der Waals surface area contributed by atoms with Gasteiger partial charge in [0, 0.05) is 6.04 Å². The van der Waals surface area contributed by atoms with Gasteiger partial charge in [-0.1, -0.05) is 26.0 Å². The molecule has 1 heterocycles. The predicted octanol–water partition coefficient (Wildman–Crippen LogP) is 1.32. The Labute approximate surface area is 158 Å². The monoisotopic (exact) mass is 396 g/mol. The Hall–Kier alpha value is -2.42. The Kier molecular flexibility index (Phi) is 6.59. The number of nitrogens with zero attached hydrogens (tertiary/aromatic N) is 1. The molecule has 8 nitrogen and oxygen atoms in total. The van der Waals surface area contributed by atoms with Crippen molar-refractivity contribution in [2.24, 2.45) is 5.92 Å². The van der Waals surface area contributed by atoms with Crippen molar-refractivity contribution in [3.8, 4) is 0 Å². The number of esters is 1. The number of benzene rings is 1. The third kappa shape index (κ3) is 5.06. The number of rotatable bonds is 8. The van der Waals surface area contributed by atoms with Crippen molar-refractivity contribution in [3.63, 3.8) is 0 Å². The molecule has 0 saturated heterocycles. The summed E-state index contributed by atoms with van der Waals surface area (Å²) in [7, 11) is -4.08. The second-order valence-corrected chi connectivity index (χ2v) is 8.74. The van der Waals surface area contributed by atoms with Gasteiger partial charge in [-0.05, 0) is 37.8 Å². The van der Waals surface area contributed by atoms with Crippen molar-refractivity contribution in [2.45, 2.75) is 44.6 Å². The SMILES string of the molecule is CC(C)CC[C@H](C)NC(=O)COC(=O)CN1C(=O)c2ccccc2S1(=O)=O. The largest absolute Gasteiger partial charge is 0.454 e. The van der Waals surface area contributed by atoms with Crippen LogP contribution in [0.2, 0.25) is 0 Å². The van der Waals surface area contributed by atoms with E-state index in [-0.39, 0.29) is 16.5 Å². The van der Waals surface area contributed by atoms with E-state index in [0.717, 1.165) is 12.8 Å². The fourth-order valence-electron chi connectivity index (χ4n) is 2.67. The predicted molar refractivity (Wildman–Crippen MR) is 97.3 cm³/mol. The molecule has 27 heavy (non-hydrogen) atoms. The molecule has 9 heteroatoms. The molecule has 0 fully saturated rings. The van der Waals surface area contributed by atoms with E-state index in [4.69, 9.17) is 4.74 Å². The molecule has 1 aromatic carbocycles. The lowest BCUT2D eigenvalue weighted by molar-refractivity contribution is -0.148. The van der Waals surface area contributed by atoms with Crippen molar-refractivity contribution in [1.29, 1.82) is 0 Å². The lowest BCUT2D eigenvalue weighted by Gasteiger charge is -2.16. The van der Waals surface area contributed by atoms with Gasteiger partial charge in [-0.3, -0.25) is 14.4 Å². The first-order valence-corrected chi connectivity index (χ1v) is 10.2. The highest BCUT2D eigenvalue weighted by molar-refractivity contribution is 7.90. The zero-order valence-corrected chi connectivity index (χ0v) is 16.4. The minimum absolute atomic E-state index is 0.0158. The zero-order valence-electron chi connectivity index (χ0n) is 15.6. The zero-order chi connectivity index (χ0) is 20.2. The molecule has 0 radical (unpaired) electrons. The summed E-state index contributed by atoms with van der Waals surface area (Å²) in [6, 6.07) is 5.66. The van der Waals surface area contributed by atoms with Crippen LogP contribution in [0.5, 0.6) is 0 Å². The van der Waals surface area contributed by atoms with Crippen LogP contribution >= 0.6 is 0 Å². The molecule has 0 bridgehead atoms. The van der Waals surface area contributed by atoms with Crippen LogP contribution in [0.3, 0.4) is 0 Å². The topological polar surface area (TPSA) is 110 Å². The van der Waals surface area contributed by atoms with E-state index in [0.29, 0.717) is 10.2 Å². The van der Waals surface area contributed by atoms with E-state index < -0.39 is 41.0 Å². The number of sulfonamides is 1. The number of ether oxygens (including phenoxy) is 1. The van der Waals surface area contributed by atoms with E-state index in [9.17, 15) is 22.8 Å². The fourth-order valence-corrected chi connectivity index (χ4v) is 4.18. The number of hydrogen-bond acceptors (Lipinski definition) is 6. The standard InChI is InChI=1S/C18H24N2O6S/c1-12(2)8-9-13(3)19-16(21)11-26-17(22)10-20-18(23)14-6-4-5-7-15(14)27(20,24)25/h4-7,12-13H,8-11H2,1-3H3,(H,19,21)/t13-/m0/s1. The maximum Gasteiger partial charge on any atom is 0.327 e. The van der Waals surface area contributed by atoms with Gasteiger partial charge in [0.1, 0.15) is 11.4 Å². The Morgan fingerprint density at radius 1 is 1.15 bits per heavy atom. The summed E-state index contributed by atoms with van der Waals surface area (Å²) < 4.78 is 30.0. The van der Waals surface area contributed by atoms with Gasteiger partial charge in [-0.15, -0.1) is 0 Å². The lowest BCUT2D eigenvalue weighted by Crippen LogP contribution is -2.39. The summed E-state index contributed by atoms with van der Waals surface area (Å²) in [5.74, 6) is -1.70. The smallest absolute Gasteiger partial charge is 0.327 e. The fraction of sp³-hybridized carbons (Fsp3) is 0.500. The first-order chi connectivity index (χ1) is 12.6. The second kappa shape index (κ2) is 8.51. The number of carbonyl (C=O) groups is 3. The normalized spacial score (nSPS) is 16.1. The molecule has 2 amide bonds. The molecule has 148 valence electrons. The van der Waals surface area contributed by atoms with Crippen LogP contribution in [-0.4, -0.2) is 49.7 Å². The minimum atomic E-state index is -4.08. The van der Waals surface area contributed by atoms with Crippen LogP contribution in [0.15, 0.2) is 29.2 Å². The van der Waals surface area contributed by atoms with Crippen LogP contribution in [-0.2, 0) is 24.3 Å². The third-order valence-corrected chi connectivity index (χ3v) is 5.92. The highest BCUT2D eigenvalue weighted by atomic mass is 32.2. The van der Waals surface area contributed by atoms with Crippen LogP contribution in [0.4, 0.5) is 0 Å². The molecule has 0 aromatic heterocycles. The average molecular weight is 396 g/mol. The summed E-state index contributed by atoms with van der Waals surface area (Å²) in [5.41, 5.74) is 0.0158. The first-order valence-electron chi connectivity index (χ1n) is 8.74. The number of nitrogens with one attached hydrogen (secondary N) is 1. The summed E-state index contributed by atoms with van der Waals surface area (Å²) >= 11 is 0. The van der Waals surface area contributed by atoms with Gasteiger partial charge in [-0.25, -0.2) is 12.7 Å². The van der Waals surface area contributed by atoms with Gasteiger partial charge in [0.2, 0.25) is 0 Å². The van der Waals surface area contributed by atoms with Crippen LogP contribution in [0.25, 0.3) is 0 Å². The summed E-state index contributed by atoms with van der Waals surface area (Å²) in [4.78, 5) is 35.8. The van der Waals surface area contributed by atoms with Crippen LogP contribution in [0.1, 0.15) is 44.0 Å². The minimum Gasteiger partial charge on any atom is -0.454 e. The molecule has 0 saturated carbocycles. The molecule has 0 aliphatic carbocycles. The van der Waals surface area contributed by atoms with Crippen molar-refractivity contribution < 1.29 is 27.5 Å². The van der Waals surface area contributed by atoms with E-state index in [1.54, 1.807) is 6.07 Å². The van der Waals surface area contributed by atoms with Crippen LogP contribution in [0, 0.1) is 5.92 Å². The Morgan fingerprint density at radius 2 is 1.81 bits per heavy atom. The number of fused-ring (bicyclic) bond motifs is 1. The summed E-state index contributed by atoms with van der Waals surface area (Å²) in [5, 5.41) is 2.71. The molecule has 2 rings (SSSR count). The second-order valence-electron chi connectivity index (χ2n) is 6.91. The van der Waals surface area contributed by atoms with Gasteiger partial charge in [0.05, 0.1) is 5.56 Å². The Balaban J connectivity index is 1.86. The molecule has 1 aliphatic heterocycles. The maximum atomic E-state index is 12.4. The van der Waals surface area contributed by atoms with Gasteiger partial charge >= 0.3 is 5.97 Å².